The predicted octanol–water partition coefficient (Wildman–Crippen LogP) is 3.03. The molecule has 2 aromatic rings. The SMILES string of the molecule is Cc1ccc(F)c(NC(=O)c2ccc(CCN)cc2)c1F. The lowest BCUT2D eigenvalue weighted by Crippen LogP contribution is -2.15. The number of carbonyl (C=O) groups is 1. The predicted molar refractivity (Wildman–Crippen MR) is 78.2 cm³/mol. The minimum atomic E-state index is -0.800. The minimum absolute atomic E-state index is 0.269. The number of anilines is 1. The third-order valence-electron chi connectivity index (χ3n) is 3.17. The zero-order valence-corrected chi connectivity index (χ0v) is 11.6. The zero-order valence-electron chi connectivity index (χ0n) is 11.6. The van der Waals surface area contributed by atoms with E-state index in [-0.39, 0.29) is 5.56 Å². The number of benzene rings is 2. The molecule has 0 bridgehead atoms. The molecule has 2 aromatic carbocycles. The molecule has 0 fully saturated rings. The van der Waals surface area contributed by atoms with Crippen LogP contribution < -0.4 is 11.1 Å². The molecule has 0 aliphatic rings. The molecule has 0 spiro atoms. The maximum atomic E-state index is 13.8. The number of nitrogens with one attached hydrogen (secondary N) is 1. The molecule has 0 aromatic heterocycles. The standard InChI is InChI=1S/C16H16F2N2O/c1-10-2-7-13(17)15(14(10)18)20-16(21)12-5-3-11(4-6-12)8-9-19/h2-7H,8-9,19H2,1H3,(H,20,21). The second-order valence-electron chi connectivity index (χ2n) is 4.74. The van der Waals surface area contributed by atoms with Crippen LogP contribution in [0.4, 0.5) is 14.5 Å². The van der Waals surface area contributed by atoms with Crippen LogP contribution >= 0.6 is 0 Å². The van der Waals surface area contributed by atoms with Gasteiger partial charge in [0.2, 0.25) is 0 Å². The molecule has 0 heterocycles. The molecule has 5 heteroatoms. The van der Waals surface area contributed by atoms with Crippen LogP contribution in [-0.4, -0.2) is 12.5 Å². The highest BCUT2D eigenvalue weighted by Crippen LogP contribution is 2.22. The van der Waals surface area contributed by atoms with Crippen molar-refractivity contribution in [2.45, 2.75) is 13.3 Å². The number of carbonyl (C=O) groups excluding carboxylic acids is 1. The number of rotatable bonds is 4. The van der Waals surface area contributed by atoms with E-state index >= 15 is 0 Å². The maximum Gasteiger partial charge on any atom is 0.255 e. The van der Waals surface area contributed by atoms with E-state index in [4.69, 9.17) is 5.73 Å². The Morgan fingerprint density at radius 2 is 1.81 bits per heavy atom. The van der Waals surface area contributed by atoms with E-state index in [1.807, 2.05) is 0 Å². The topological polar surface area (TPSA) is 55.1 Å². The van der Waals surface area contributed by atoms with Gasteiger partial charge in [-0.2, -0.15) is 0 Å². The molecule has 2 rings (SSSR count). The summed E-state index contributed by atoms with van der Waals surface area (Å²) in [6.45, 7) is 2.03. The first-order valence-electron chi connectivity index (χ1n) is 6.58. The Kier molecular flexibility index (Phi) is 4.65. The number of aryl methyl sites for hydroxylation is 1. The van der Waals surface area contributed by atoms with Crippen molar-refractivity contribution < 1.29 is 13.6 Å². The summed E-state index contributed by atoms with van der Waals surface area (Å²) < 4.78 is 27.4. The van der Waals surface area contributed by atoms with Crippen molar-refractivity contribution in [3.63, 3.8) is 0 Å². The Morgan fingerprint density at radius 3 is 2.43 bits per heavy atom. The van der Waals surface area contributed by atoms with Crippen LogP contribution in [0.25, 0.3) is 0 Å². The quantitative estimate of drug-likeness (QED) is 0.909. The van der Waals surface area contributed by atoms with Crippen molar-refractivity contribution in [2.24, 2.45) is 5.73 Å². The van der Waals surface area contributed by atoms with Crippen LogP contribution in [0.15, 0.2) is 36.4 Å². The van der Waals surface area contributed by atoms with Crippen molar-refractivity contribution in [1.29, 1.82) is 0 Å². The van der Waals surface area contributed by atoms with Crippen LogP contribution in [-0.2, 0) is 6.42 Å². The second kappa shape index (κ2) is 6.45. The van der Waals surface area contributed by atoms with Gasteiger partial charge in [0.15, 0.2) is 5.82 Å². The molecular weight excluding hydrogens is 274 g/mol. The third kappa shape index (κ3) is 3.44. The third-order valence-corrected chi connectivity index (χ3v) is 3.17. The van der Waals surface area contributed by atoms with E-state index in [0.717, 1.165) is 11.6 Å². The summed E-state index contributed by atoms with van der Waals surface area (Å²) in [6.07, 6.45) is 0.711. The summed E-state index contributed by atoms with van der Waals surface area (Å²) in [4.78, 5) is 12.0. The normalized spacial score (nSPS) is 10.5. The van der Waals surface area contributed by atoms with Gasteiger partial charge in [0.1, 0.15) is 11.5 Å². The van der Waals surface area contributed by atoms with Gasteiger partial charge in [0.25, 0.3) is 5.91 Å². The van der Waals surface area contributed by atoms with Gasteiger partial charge in [-0.05, 0) is 49.2 Å². The van der Waals surface area contributed by atoms with Crippen LogP contribution in [0.3, 0.4) is 0 Å². The first-order chi connectivity index (χ1) is 10.0. The van der Waals surface area contributed by atoms with E-state index in [0.29, 0.717) is 18.5 Å². The van der Waals surface area contributed by atoms with Crippen molar-refractivity contribution in [3.05, 3.63) is 64.7 Å². The summed E-state index contributed by atoms with van der Waals surface area (Å²) in [5.41, 5.74) is 6.62. The van der Waals surface area contributed by atoms with Gasteiger partial charge < -0.3 is 11.1 Å². The average molecular weight is 290 g/mol. The average Bonchev–Trinajstić information content (AvgIpc) is 2.48. The lowest BCUT2D eigenvalue weighted by atomic mass is 10.1. The highest BCUT2D eigenvalue weighted by molar-refractivity contribution is 6.04. The first kappa shape index (κ1) is 15.1. The summed E-state index contributed by atoms with van der Waals surface area (Å²) in [7, 11) is 0. The van der Waals surface area contributed by atoms with E-state index in [1.165, 1.54) is 13.0 Å². The van der Waals surface area contributed by atoms with Gasteiger partial charge in [0.05, 0.1) is 0 Å². The molecule has 0 radical (unpaired) electrons. The summed E-state index contributed by atoms with van der Waals surface area (Å²) >= 11 is 0. The lowest BCUT2D eigenvalue weighted by Gasteiger charge is -2.09. The van der Waals surface area contributed by atoms with Crippen molar-refractivity contribution in [3.8, 4) is 0 Å². The fraction of sp³-hybridized carbons (Fsp3) is 0.188. The van der Waals surface area contributed by atoms with Gasteiger partial charge >= 0.3 is 0 Å². The van der Waals surface area contributed by atoms with E-state index < -0.39 is 23.2 Å². The molecule has 0 saturated heterocycles. The maximum absolute atomic E-state index is 13.8. The molecule has 110 valence electrons. The van der Waals surface area contributed by atoms with Crippen molar-refractivity contribution in [2.75, 3.05) is 11.9 Å². The van der Waals surface area contributed by atoms with Gasteiger partial charge in [-0.25, -0.2) is 8.78 Å². The van der Waals surface area contributed by atoms with Crippen molar-refractivity contribution >= 4 is 11.6 Å². The summed E-state index contributed by atoms with van der Waals surface area (Å²) in [5.74, 6) is -2.12. The fourth-order valence-electron chi connectivity index (χ4n) is 1.95. The molecule has 1 amide bonds. The highest BCUT2D eigenvalue weighted by Gasteiger charge is 2.15. The molecule has 3 nitrogen and oxygen atoms in total. The van der Waals surface area contributed by atoms with E-state index in [9.17, 15) is 13.6 Å². The number of halogens is 2. The largest absolute Gasteiger partial charge is 0.330 e. The molecule has 0 unspecified atom stereocenters. The van der Waals surface area contributed by atoms with Gasteiger partial charge in [-0.15, -0.1) is 0 Å². The fourth-order valence-corrected chi connectivity index (χ4v) is 1.95. The van der Waals surface area contributed by atoms with Gasteiger partial charge in [0, 0.05) is 5.56 Å². The van der Waals surface area contributed by atoms with Gasteiger partial charge in [-0.1, -0.05) is 18.2 Å². The molecule has 0 saturated carbocycles. The Hall–Kier alpha value is -2.27. The first-order valence-corrected chi connectivity index (χ1v) is 6.58. The Balaban J connectivity index is 2.20. The summed E-state index contributed by atoms with van der Waals surface area (Å²) in [6, 6.07) is 9.19. The Morgan fingerprint density at radius 1 is 1.14 bits per heavy atom. The lowest BCUT2D eigenvalue weighted by molar-refractivity contribution is 0.102. The smallest absolute Gasteiger partial charge is 0.255 e. The number of hydrogen-bond donors (Lipinski definition) is 2. The molecule has 3 N–H and O–H groups in total. The zero-order chi connectivity index (χ0) is 15.4. The van der Waals surface area contributed by atoms with Crippen LogP contribution in [0.1, 0.15) is 21.5 Å². The molecule has 0 aliphatic heterocycles. The van der Waals surface area contributed by atoms with Crippen LogP contribution in [0.5, 0.6) is 0 Å². The number of amides is 1. The van der Waals surface area contributed by atoms with Crippen LogP contribution in [0.2, 0.25) is 0 Å². The molecule has 0 atom stereocenters. The van der Waals surface area contributed by atoms with Crippen molar-refractivity contribution in [1.82, 2.24) is 0 Å². The van der Waals surface area contributed by atoms with E-state index in [2.05, 4.69) is 5.32 Å². The number of hydrogen-bond acceptors (Lipinski definition) is 2. The highest BCUT2D eigenvalue weighted by atomic mass is 19.1. The molecule has 21 heavy (non-hydrogen) atoms. The molecular formula is C16H16F2N2O. The monoisotopic (exact) mass is 290 g/mol. The second-order valence-corrected chi connectivity index (χ2v) is 4.74. The van der Waals surface area contributed by atoms with Gasteiger partial charge in [-0.3, -0.25) is 4.79 Å². The Bertz CT molecular complexity index is 654. The van der Waals surface area contributed by atoms with Crippen LogP contribution in [0, 0.1) is 18.6 Å². The number of nitrogens with two attached hydrogens (primary N) is 1. The van der Waals surface area contributed by atoms with E-state index in [1.54, 1.807) is 24.3 Å². The minimum Gasteiger partial charge on any atom is -0.330 e. The Labute approximate surface area is 121 Å². The molecule has 0 aliphatic carbocycles. The summed E-state index contributed by atoms with van der Waals surface area (Å²) in [5, 5.41) is 2.27.